The molecule has 108 valence electrons. The highest BCUT2D eigenvalue weighted by Crippen LogP contribution is 2.14. The molecule has 2 rings (SSSR count). The average molecular weight is 303 g/mol. The van der Waals surface area contributed by atoms with E-state index in [-0.39, 0.29) is 0 Å². The second-order valence-electron chi connectivity index (χ2n) is 4.88. The van der Waals surface area contributed by atoms with Crippen LogP contribution >= 0.6 is 11.3 Å². The average Bonchev–Trinajstić information content (AvgIpc) is 2.65. The molecule has 0 aliphatic carbocycles. The molecule has 5 nitrogen and oxygen atoms in total. The Balaban J connectivity index is 1.92. The van der Waals surface area contributed by atoms with Crippen molar-refractivity contribution in [1.29, 1.82) is 0 Å². The second-order valence-corrected chi connectivity index (χ2v) is 7.80. The van der Waals surface area contributed by atoms with E-state index in [1.54, 1.807) is 15.6 Å². The number of aryl methyl sites for hydroxylation is 1. The van der Waals surface area contributed by atoms with Gasteiger partial charge in [-0.2, -0.15) is 0 Å². The molecule has 0 aromatic carbocycles. The van der Waals surface area contributed by atoms with Crippen molar-refractivity contribution in [2.24, 2.45) is 0 Å². The van der Waals surface area contributed by atoms with Gasteiger partial charge in [0, 0.05) is 31.6 Å². The van der Waals surface area contributed by atoms with Crippen molar-refractivity contribution in [1.82, 2.24) is 14.2 Å². The standard InChI is InChI=1S/C12H21N3O2S2/c1-3-12-13-11(10-18-12)9-14-5-4-6-15(8-7-14)19(2,16)17/h10H,3-9H2,1-2H3. The van der Waals surface area contributed by atoms with Gasteiger partial charge in [-0.15, -0.1) is 11.3 Å². The molecule has 1 aliphatic heterocycles. The Kier molecular flexibility index (Phi) is 4.94. The highest BCUT2D eigenvalue weighted by molar-refractivity contribution is 7.88. The van der Waals surface area contributed by atoms with E-state index in [0.29, 0.717) is 13.1 Å². The van der Waals surface area contributed by atoms with Crippen molar-refractivity contribution < 1.29 is 8.42 Å². The minimum atomic E-state index is -3.05. The van der Waals surface area contributed by atoms with Crippen LogP contribution in [-0.2, 0) is 23.0 Å². The number of hydrogen-bond donors (Lipinski definition) is 0. The summed E-state index contributed by atoms with van der Waals surface area (Å²) in [6.07, 6.45) is 3.15. The lowest BCUT2D eigenvalue weighted by molar-refractivity contribution is 0.276. The molecular formula is C12H21N3O2S2. The van der Waals surface area contributed by atoms with Crippen LogP contribution in [0.4, 0.5) is 0 Å². The van der Waals surface area contributed by atoms with Gasteiger partial charge >= 0.3 is 0 Å². The van der Waals surface area contributed by atoms with Gasteiger partial charge in [-0.25, -0.2) is 17.7 Å². The predicted molar refractivity (Wildman–Crippen MR) is 77.8 cm³/mol. The van der Waals surface area contributed by atoms with E-state index < -0.39 is 10.0 Å². The first-order valence-corrected chi connectivity index (χ1v) is 9.32. The monoisotopic (exact) mass is 303 g/mol. The zero-order chi connectivity index (χ0) is 13.9. The summed E-state index contributed by atoms with van der Waals surface area (Å²) in [5, 5.41) is 3.28. The zero-order valence-electron chi connectivity index (χ0n) is 11.5. The fourth-order valence-electron chi connectivity index (χ4n) is 2.25. The zero-order valence-corrected chi connectivity index (χ0v) is 13.1. The molecule has 0 saturated carbocycles. The molecule has 2 heterocycles. The Morgan fingerprint density at radius 2 is 2.11 bits per heavy atom. The fraction of sp³-hybridized carbons (Fsp3) is 0.750. The third-order valence-corrected chi connectivity index (χ3v) is 5.65. The van der Waals surface area contributed by atoms with Gasteiger partial charge in [0.1, 0.15) is 0 Å². The summed E-state index contributed by atoms with van der Waals surface area (Å²) in [6.45, 7) is 5.87. The van der Waals surface area contributed by atoms with Crippen LogP contribution in [0.2, 0.25) is 0 Å². The maximum atomic E-state index is 11.5. The third-order valence-electron chi connectivity index (χ3n) is 3.30. The summed E-state index contributed by atoms with van der Waals surface area (Å²) >= 11 is 1.70. The van der Waals surface area contributed by atoms with Crippen LogP contribution in [0.25, 0.3) is 0 Å². The molecule has 0 bridgehead atoms. The van der Waals surface area contributed by atoms with E-state index in [0.717, 1.165) is 38.2 Å². The van der Waals surface area contributed by atoms with E-state index in [9.17, 15) is 8.42 Å². The molecule has 1 aromatic heterocycles. The topological polar surface area (TPSA) is 53.5 Å². The number of aromatic nitrogens is 1. The van der Waals surface area contributed by atoms with Gasteiger partial charge in [0.15, 0.2) is 0 Å². The van der Waals surface area contributed by atoms with Crippen molar-refractivity contribution in [3.63, 3.8) is 0 Å². The second kappa shape index (κ2) is 6.30. The molecule has 1 fully saturated rings. The van der Waals surface area contributed by atoms with Gasteiger partial charge in [-0.3, -0.25) is 4.90 Å². The molecule has 0 amide bonds. The van der Waals surface area contributed by atoms with E-state index >= 15 is 0 Å². The summed E-state index contributed by atoms with van der Waals surface area (Å²) in [4.78, 5) is 6.86. The van der Waals surface area contributed by atoms with Crippen LogP contribution in [-0.4, -0.2) is 55.0 Å². The molecule has 0 spiro atoms. The van der Waals surface area contributed by atoms with Gasteiger partial charge in [0.25, 0.3) is 0 Å². The summed E-state index contributed by atoms with van der Waals surface area (Å²) in [7, 11) is -3.05. The number of nitrogens with zero attached hydrogens (tertiary/aromatic N) is 3. The smallest absolute Gasteiger partial charge is 0.211 e. The lowest BCUT2D eigenvalue weighted by Gasteiger charge is -2.19. The quantitative estimate of drug-likeness (QED) is 0.838. The molecule has 0 atom stereocenters. The van der Waals surface area contributed by atoms with Gasteiger partial charge < -0.3 is 0 Å². The predicted octanol–water partition coefficient (Wildman–Crippen LogP) is 1.17. The van der Waals surface area contributed by atoms with Crippen molar-refractivity contribution in [2.75, 3.05) is 32.4 Å². The van der Waals surface area contributed by atoms with Crippen LogP contribution in [0.15, 0.2) is 5.38 Å². The lowest BCUT2D eigenvalue weighted by atomic mass is 10.3. The maximum Gasteiger partial charge on any atom is 0.211 e. The number of thiazole rings is 1. The van der Waals surface area contributed by atoms with Crippen LogP contribution in [0, 0.1) is 0 Å². The van der Waals surface area contributed by atoms with E-state index in [1.165, 1.54) is 11.3 Å². The largest absolute Gasteiger partial charge is 0.296 e. The van der Waals surface area contributed by atoms with Crippen LogP contribution < -0.4 is 0 Å². The molecule has 19 heavy (non-hydrogen) atoms. The molecule has 1 saturated heterocycles. The maximum absolute atomic E-state index is 11.5. The first-order chi connectivity index (χ1) is 8.99. The summed E-state index contributed by atoms with van der Waals surface area (Å²) in [5.41, 5.74) is 1.11. The van der Waals surface area contributed by atoms with Crippen molar-refractivity contribution in [3.05, 3.63) is 16.1 Å². The summed E-state index contributed by atoms with van der Waals surface area (Å²) in [5.74, 6) is 0. The minimum Gasteiger partial charge on any atom is -0.296 e. The Bertz CT molecular complexity index is 513. The fourth-order valence-corrected chi connectivity index (χ4v) is 3.86. The SMILES string of the molecule is CCc1nc(CN2CCCN(S(C)(=O)=O)CC2)cs1. The molecule has 7 heteroatoms. The van der Waals surface area contributed by atoms with Gasteiger partial charge in [0.2, 0.25) is 10.0 Å². The summed E-state index contributed by atoms with van der Waals surface area (Å²) in [6, 6.07) is 0. The minimum absolute atomic E-state index is 0.587. The normalized spacial score (nSPS) is 19.5. The van der Waals surface area contributed by atoms with E-state index in [4.69, 9.17) is 0 Å². The van der Waals surface area contributed by atoms with Crippen LogP contribution in [0.3, 0.4) is 0 Å². The van der Waals surface area contributed by atoms with Crippen molar-refractivity contribution in [2.45, 2.75) is 26.3 Å². The summed E-state index contributed by atoms with van der Waals surface area (Å²) < 4.78 is 24.7. The number of hydrogen-bond acceptors (Lipinski definition) is 5. The van der Waals surface area contributed by atoms with Gasteiger partial charge in [0.05, 0.1) is 17.0 Å². The Labute approximate surface area is 119 Å². The molecular weight excluding hydrogens is 282 g/mol. The van der Waals surface area contributed by atoms with Crippen LogP contribution in [0.5, 0.6) is 0 Å². The molecule has 0 radical (unpaired) electrons. The van der Waals surface area contributed by atoms with Gasteiger partial charge in [-0.05, 0) is 19.4 Å². The Morgan fingerprint density at radius 3 is 2.74 bits per heavy atom. The highest BCUT2D eigenvalue weighted by Gasteiger charge is 2.21. The Hall–Kier alpha value is -0.500. The molecule has 1 aliphatic rings. The Morgan fingerprint density at radius 1 is 1.32 bits per heavy atom. The number of rotatable bonds is 4. The third kappa shape index (κ3) is 4.24. The lowest BCUT2D eigenvalue weighted by Crippen LogP contribution is -2.34. The molecule has 0 unspecified atom stereocenters. The molecule has 1 aromatic rings. The first-order valence-electron chi connectivity index (χ1n) is 6.60. The van der Waals surface area contributed by atoms with Gasteiger partial charge in [-0.1, -0.05) is 6.92 Å². The van der Waals surface area contributed by atoms with Crippen LogP contribution in [0.1, 0.15) is 24.0 Å². The number of sulfonamides is 1. The van der Waals surface area contributed by atoms with Crippen molar-refractivity contribution in [3.8, 4) is 0 Å². The van der Waals surface area contributed by atoms with Crippen molar-refractivity contribution >= 4 is 21.4 Å². The molecule has 0 N–H and O–H groups in total. The van der Waals surface area contributed by atoms with E-state index in [1.807, 2.05) is 0 Å². The highest BCUT2D eigenvalue weighted by atomic mass is 32.2. The first kappa shape index (κ1) is 14.9. The van der Waals surface area contributed by atoms with E-state index in [2.05, 4.69) is 22.2 Å².